The van der Waals surface area contributed by atoms with E-state index in [2.05, 4.69) is 4.74 Å². The van der Waals surface area contributed by atoms with Crippen molar-refractivity contribution in [3.8, 4) is 0 Å². The molecule has 0 saturated heterocycles. The maximum atomic E-state index is 12.5. The van der Waals surface area contributed by atoms with Gasteiger partial charge in [-0.2, -0.15) is 0 Å². The van der Waals surface area contributed by atoms with Crippen LogP contribution in [0.4, 0.5) is 0 Å². The van der Waals surface area contributed by atoms with Crippen molar-refractivity contribution in [2.75, 3.05) is 27.3 Å². The van der Waals surface area contributed by atoms with E-state index in [1.54, 1.807) is 0 Å². The predicted octanol–water partition coefficient (Wildman–Crippen LogP) is 1.79. The highest BCUT2D eigenvalue weighted by atomic mass is 16.5. The van der Waals surface area contributed by atoms with Gasteiger partial charge in [0.1, 0.15) is 6.54 Å². The average molecular weight is 279 g/mol. The SMILES string of the molecule is CCCN(CC(=O)OC)C(=O)C(OC)c1ccccc1. The minimum absolute atomic E-state index is 0.0597. The molecule has 5 heteroatoms. The smallest absolute Gasteiger partial charge is 0.325 e. The first-order valence-electron chi connectivity index (χ1n) is 6.57. The Kier molecular flexibility index (Phi) is 6.73. The molecule has 0 aromatic heterocycles. The molecule has 0 aliphatic rings. The van der Waals surface area contributed by atoms with Crippen LogP contribution < -0.4 is 0 Å². The molecular weight excluding hydrogens is 258 g/mol. The van der Waals surface area contributed by atoms with Gasteiger partial charge in [0.25, 0.3) is 5.91 Å². The summed E-state index contributed by atoms with van der Waals surface area (Å²) in [7, 11) is 2.79. The molecular formula is C15H21NO4. The quantitative estimate of drug-likeness (QED) is 0.714. The molecule has 1 aromatic rings. The third-order valence-electron chi connectivity index (χ3n) is 2.92. The zero-order valence-electron chi connectivity index (χ0n) is 12.2. The van der Waals surface area contributed by atoms with Crippen LogP contribution in [0.5, 0.6) is 0 Å². The van der Waals surface area contributed by atoms with Crippen molar-refractivity contribution in [3.05, 3.63) is 35.9 Å². The highest BCUT2D eigenvalue weighted by Crippen LogP contribution is 2.19. The normalized spacial score (nSPS) is 11.8. The fourth-order valence-electron chi connectivity index (χ4n) is 1.93. The van der Waals surface area contributed by atoms with Crippen LogP contribution in [0.1, 0.15) is 25.0 Å². The second kappa shape index (κ2) is 8.32. The lowest BCUT2D eigenvalue weighted by molar-refractivity contribution is -0.151. The number of carbonyl (C=O) groups excluding carboxylic acids is 2. The van der Waals surface area contributed by atoms with Gasteiger partial charge in [-0.25, -0.2) is 0 Å². The van der Waals surface area contributed by atoms with Crippen LogP contribution in [0.25, 0.3) is 0 Å². The molecule has 1 aromatic carbocycles. The van der Waals surface area contributed by atoms with Gasteiger partial charge >= 0.3 is 5.97 Å². The number of hydrogen-bond acceptors (Lipinski definition) is 4. The van der Waals surface area contributed by atoms with Gasteiger partial charge in [-0.05, 0) is 12.0 Å². The first kappa shape index (κ1) is 16.2. The fourth-order valence-corrected chi connectivity index (χ4v) is 1.93. The first-order valence-corrected chi connectivity index (χ1v) is 6.57. The summed E-state index contributed by atoms with van der Waals surface area (Å²) < 4.78 is 9.92. The molecule has 0 aliphatic carbocycles. The third-order valence-corrected chi connectivity index (χ3v) is 2.92. The van der Waals surface area contributed by atoms with Gasteiger partial charge in [-0.1, -0.05) is 37.3 Å². The second-order valence-electron chi connectivity index (χ2n) is 4.36. The van der Waals surface area contributed by atoms with Crippen molar-refractivity contribution in [2.24, 2.45) is 0 Å². The van der Waals surface area contributed by atoms with Crippen molar-refractivity contribution >= 4 is 11.9 Å². The van der Waals surface area contributed by atoms with Gasteiger partial charge in [-0.3, -0.25) is 9.59 Å². The van der Waals surface area contributed by atoms with Gasteiger partial charge in [0.05, 0.1) is 7.11 Å². The molecule has 1 unspecified atom stereocenters. The molecule has 0 radical (unpaired) electrons. The van der Waals surface area contributed by atoms with E-state index in [1.807, 2.05) is 37.3 Å². The summed E-state index contributed by atoms with van der Waals surface area (Å²) in [5, 5.41) is 0. The summed E-state index contributed by atoms with van der Waals surface area (Å²) in [6, 6.07) is 9.22. The summed E-state index contributed by atoms with van der Waals surface area (Å²) in [5.41, 5.74) is 0.769. The van der Waals surface area contributed by atoms with Crippen LogP contribution in [0.3, 0.4) is 0 Å². The Morgan fingerprint density at radius 3 is 2.35 bits per heavy atom. The highest BCUT2D eigenvalue weighted by Gasteiger charge is 2.26. The molecule has 0 N–H and O–H groups in total. The Morgan fingerprint density at radius 2 is 1.85 bits per heavy atom. The lowest BCUT2D eigenvalue weighted by Gasteiger charge is -2.25. The van der Waals surface area contributed by atoms with E-state index in [0.29, 0.717) is 6.54 Å². The Hall–Kier alpha value is -1.88. The number of benzene rings is 1. The summed E-state index contributed by atoms with van der Waals surface area (Å²) in [6.45, 7) is 2.37. The van der Waals surface area contributed by atoms with Gasteiger partial charge < -0.3 is 14.4 Å². The van der Waals surface area contributed by atoms with Gasteiger partial charge in [-0.15, -0.1) is 0 Å². The molecule has 0 heterocycles. The van der Waals surface area contributed by atoms with Gasteiger partial charge in [0.15, 0.2) is 6.10 Å². The van der Waals surface area contributed by atoms with Crippen molar-refractivity contribution in [1.29, 1.82) is 0 Å². The monoisotopic (exact) mass is 279 g/mol. The van der Waals surface area contributed by atoms with Crippen LogP contribution in [0.15, 0.2) is 30.3 Å². The van der Waals surface area contributed by atoms with Crippen molar-refractivity contribution in [3.63, 3.8) is 0 Å². The summed E-state index contributed by atoms with van der Waals surface area (Å²) in [4.78, 5) is 25.4. The number of carbonyl (C=O) groups is 2. The Balaban J connectivity index is 2.88. The number of hydrogen-bond donors (Lipinski definition) is 0. The Morgan fingerprint density at radius 1 is 1.20 bits per heavy atom. The summed E-state index contributed by atoms with van der Waals surface area (Å²) in [6.07, 6.45) is 0.0564. The average Bonchev–Trinajstić information content (AvgIpc) is 2.48. The number of ether oxygens (including phenoxy) is 2. The van der Waals surface area contributed by atoms with E-state index in [-0.39, 0.29) is 12.5 Å². The number of rotatable bonds is 7. The van der Waals surface area contributed by atoms with Crippen LogP contribution in [0, 0.1) is 0 Å². The van der Waals surface area contributed by atoms with Crippen LogP contribution in [-0.2, 0) is 19.1 Å². The molecule has 0 saturated carbocycles. The molecule has 1 amide bonds. The lowest BCUT2D eigenvalue weighted by Crippen LogP contribution is -2.40. The van der Waals surface area contributed by atoms with E-state index >= 15 is 0 Å². The molecule has 1 atom stereocenters. The van der Waals surface area contributed by atoms with Crippen LogP contribution in [-0.4, -0.2) is 44.1 Å². The largest absolute Gasteiger partial charge is 0.468 e. The Bertz CT molecular complexity index is 433. The third kappa shape index (κ3) is 4.35. The standard InChI is InChI=1S/C15H21NO4/c1-4-10-16(11-13(17)19-2)15(18)14(20-3)12-8-6-5-7-9-12/h5-9,14H,4,10-11H2,1-3H3. The molecule has 110 valence electrons. The maximum Gasteiger partial charge on any atom is 0.325 e. The molecule has 20 heavy (non-hydrogen) atoms. The van der Waals surface area contributed by atoms with Gasteiger partial charge in [0, 0.05) is 13.7 Å². The van der Waals surface area contributed by atoms with Crippen LogP contribution in [0.2, 0.25) is 0 Å². The molecule has 0 bridgehead atoms. The van der Waals surface area contributed by atoms with Gasteiger partial charge in [0.2, 0.25) is 0 Å². The minimum Gasteiger partial charge on any atom is -0.468 e. The molecule has 0 spiro atoms. The van der Waals surface area contributed by atoms with E-state index in [1.165, 1.54) is 19.1 Å². The summed E-state index contributed by atoms with van der Waals surface area (Å²) >= 11 is 0. The second-order valence-corrected chi connectivity index (χ2v) is 4.36. The topological polar surface area (TPSA) is 55.8 Å². The van der Waals surface area contributed by atoms with Crippen molar-refractivity contribution in [1.82, 2.24) is 4.90 Å². The maximum absolute atomic E-state index is 12.5. The van der Waals surface area contributed by atoms with Crippen LogP contribution >= 0.6 is 0 Å². The Labute approximate surface area is 119 Å². The van der Waals surface area contributed by atoms with E-state index in [9.17, 15) is 9.59 Å². The lowest BCUT2D eigenvalue weighted by atomic mass is 10.1. The number of methoxy groups -OCH3 is 2. The van der Waals surface area contributed by atoms with Crippen molar-refractivity contribution in [2.45, 2.75) is 19.4 Å². The highest BCUT2D eigenvalue weighted by molar-refractivity contribution is 5.86. The zero-order valence-corrected chi connectivity index (χ0v) is 12.2. The van der Waals surface area contributed by atoms with E-state index in [0.717, 1.165) is 12.0 Å². The number of esters is 1. The predicted molar refractivity (Wildman–Crippen MR) is 75.1 cm³/mol. The van der Waals surface area contributed by atoms with E-state index in [4.69, 9.17) is 4.74 Å². The fraction of sp³-hybridized carbons (Fsp3) is 0.467. The van der Waals surface area contributed by atoms with Crippen molar-refractivity contribution < 1.29 is 19.1 Å². The van der Waals surface area contributed by atoms with E-state index < -0.39 is 12.1 Å². The zero-order chi connectivity index (χ0) is 15.0. The number of amides is 1. The molecule has 0 fully saturated rings. The molecule has 0 aliphatic heterocycles. The first-order chi connectivity index (χ1) is 9.63. The molecule has 5 nitrogen and oxygen atoms in total. The minimum atomic E-state index is -0.701. The number of nitrogens with zero attached hydrogens (tertiary/aromatic N) is 1. The summed E-state index contributed by atoms with van der Waals surface area (Å²) in [5.74, 6) is -0.666. The molecule has 1 rings (SSSR count).